The van der Waals surface area contributed by atoms with Gasteiger partial charge >= 0.3 is 0 Å². The Morgan fingerprint density at radius 3 is 2.71 bits per heavy atom. The van der Waals surface area contributed by atoms with Crippen LogP contribution in [-0.4, -0.2) is 24.3 Å². The van der Waals surface area contributed by atoms with E-state index in [0.29, 0.717) is 12.1 Å². The molecule has 0 unspecified atom stereocenters. The molecule has 1 heterocycles. The fraction of sp³-hybridized carbons (Fsp3) is 0.385. The molecular formula is C13H16N2O2. The molecule has 1 atom stereocenters. The summed E-state index contributed by atoms with van der Waals surface area (Å²) in [6.45, 7) is 4.41. The molecule has 1 amide bonds. The number of carbonyl (C=O) groups excluding carboxylic acids is 1. The molecule has 1 aromatic rings. The number of nitrogens with one attached hydrogen (secondary N) is 1. The van der Waals surface area contributed by atoms with Crippen LogP contribution in [0.15, 0.2) is 29.4 Å². The first-order chi connectivity index (χ1) is 8.15. The minimum atomic E-state index is -0.0712. The van der Waals surface area contributed by atoms with Gasteiger partial charge in [0.2, 0.25) is 0 Å². The highest BCUT2D eigenvalue weighted by atomic mass is 16.6. The molecule has 0 bridgehead atoms. The minimum Gasteiger partial charge on any atom is -0.390 e. The van der Waals surface area contributed by atoms with Crippen molar-refractivity contribution in [3.63, 3.8) is 0 Å². The smallest absolute Gasteiger partial charge is 0.251 e. The van der Waals surface area contributed by atoms with E-state index in [0.717, 1.165) is 17.7 Å². The Bertz CT molecular complexity index is 437. The van der Waals surface area contributed by atoms with Crippen molar-refractivity contribution in [1.29, 1.82) is 0 Å². The van der Waals surface area contributed by atoms with E-state index in [9.17, 15) is 4.79 Å². The number of benzene rings is 1. The second-order valence-electron chi connectivity index (χ2n) is 4.33. The van der Waals surface area contributed by atoms with Gasteiger partial charge in [-0.15, -0.1) is 0 Å². The van der Waals surface area contributed by atoms with Gasteiger partial charge in [0.25, 0.3) is 5.91 Å². The van der Waals surface area contributed by atoms with Gasteiger partial charge in [0.05, 0.1) is 12.3 Å². The quantitative estimate of drug-likeness (QED) is 0.865. The summed E-state index contributed by atoms with van der Waals surface area (Å²) in [4.78, 5) is 16.9. The van der Waals surface area contributed by atoms with Gasteiger partial charge in [-0.05, 0) is 26.0 Å². The molecule has 0 saturated carbocycles. The van der Waals surface area contributed by atoms with Gasteiger partial charge in [0.15, 0.2) is 0 Å². The zero-order valence-electron chi connectivity index (χ0n) is 10.1. The third-order valence-electron chi connectivity index (χ3n) is 2.68. The predicted molar refractivity (Wildman–Crippen MR) is 66.1 cm³/mol. The Kier molecular flexibility index (Phi) is 3.42. The first-order valence-electron chi connectivity index (χ1n) is 5.69. The van der Waals surface area contributed by atoms with Crippen LogP contribution in [0.3, 0.4) is 0 Å². The van der Waals surface area contributed by atoms with Crippen LogP contribution in [0.25, 0.3) is 0 Å². The Hall–Kier alpha value is -1.84. The zero-order valence-corrected chi connectivity index (χ0v) is 10.1. The van der Waals surface area contributed by atoms with Crippen LogP contribution in [0.2, 0.25) is 0 Å². The van der Waals surface area contributed by atoms with Crippen molar-refractivity contribution in [2.45, 2.75) is 26.4 Å². The maximum atomic E-state index is 11.8. The Labute approximate surface area is 101 Å². The van der Waals surface area contributed by atoms with Gasteiger partial charge in [-0.1, -0.05) is 22.9 Å². The molecule has 1 N–H and O–H groups in total. The third-order valence-corrected chi connectivity index (χ3v) is 2.68. The first-order valence-corrected chi connectivity index (χ1v) is 5.69. The lowest BCUT2D eigenvalue weighted by Gasteiger charge is -2.09. The minimum absolute atomic E-state index is 0.0237. The fourth-order valence-corrected chi connectivity index (χ4v) is 1.69. The van der Waals surface area contributed by atoms with Gasteiger partial charge in [-0.3, -0.25) is 4.79 Å². The number of hydrogen-bond donors (Lipinski definition) is 1. The standard InChI is InChI=1S/C13H16N2O2/c1-9-3-5-11(6-4-9)13(16)14-8-12-7-10(2)15-17-12/h3-6,12H,7-8H2,1-2H3,(H,14,16)/t12-/m0/s1. The van der Waals surface area contributed by atoms with Crippen LogP contribution in [-0.2, 0) is 4.84 Å². The van der Waals surface area contributed by atoms with E-state index in [1.807, 2.05) is 38.1 Å². The number of oxime groups is 1. The average Bonchev–Trinajstić information content (AvgIpc) is 2.73. The SMILES string of the molecule is CC1=NO[C@H](CNC(=O)c2ccc(C)cc2)C1. The summed E-state index contributed by atoms with van der Waals surface area (Å²) in [7, 11) is 0. The molecule has 2 rings (SSSR count). The molecule has 4 nitrogen and oxygen atoms in total. The van der Waals surface area contributed by atoms with Crippen molar-refractivity contribution < 1.29 is 9.63 Å². The topological polar surface area (TPSA) is 50.7 Å². The molecule has 0 saturated heterocycles. The normalized spacial score (nSPS) is 18.5. The van der Waals surface area contributed by atoms with Crippen molar-refractivity contribution in [1.82, 2.24) is 5.32 Å². The van der Waals surface area contributed by atoms with Crippen LogP contribution in [0.5, 0.6) is 0 Å². The summed E-state index contributed by atoms with van der Waals surface area (Å²) >= 11 is 0. The monoisotopic (exact) mass is 232 g/mol. The van der Waals surface area contributed by atoms with Crippen molar-refractivity contribution in [2.75, 3.05) is 6.54 Å². The number of aryl methyl sites for hydroxylation is 1. The number of amides is 1. The Morgan fingerprint density at radius 2 is 2.12 bits per heavy atom. The molecule has 4 heteroatoms. The number of carbonyl (C=O) groups is 1. The molecule has 1 aromatic carbocycles. The molecule has 0 fully saturated rings. The molecule has 1 aliphatic heterocycles. The van der Waals surface area contributed by atoms with Crippen LogP contribution in [0, 0.1) is 6.92 Å². The van der Waals surface area contributed by atoms with E-state index in [-0.39, 0.29) is 12.0 Å². The Morgan fingerprint density at radius 1 is 1.41 bits per heavy atom. The van der Waals surface area contributed by atoms with Crippen molar-refractivity contribution in [3.05, 3.63) is 35.4 Å². The summed E-state index contributed by atoms with van der Waals surface area (Å²) in [5.41, 5.74) is 2.79. The van der Waals surface area contributed by atoms with Crippen molar-refractivity contribution in [3.8, 4) is 0 Å². The maximum Gasteiger partial charge on any atom is 0.251 e. The van der Waals surface area contributed by atoms with E-state index < -0.39 is 0 Å². The summed E-state index contributed by atoms with van der Waals surface area (Å²) in [5.74, 6) is -0.0712. The molecule has 90 valence electrons. The molecule has 0 aliphatic carbocycles. The summed E-state index contributed by atoms with van der Waals surface area (Å²) < 4.78 is 0. The average molecular weight is 232 g/mol. The van der Waals surface area contributed by atoms with Crippen molar-refractivity contribution in [2.24, 2.45) is 5.16 Å². The van der Waals surface area contributed by atoms with E-state index in [1.54, 1.807) is 0 Å². The van der Waals surface area contributed by atoms with Crippen LogP contribution < -0.4 is 5.32 Å². The van der Waals surface area contributed by atoms with Crippen LogP contribution in [0.4, 0.5) is 0 Å². The van der Waals surface area contributed by atoms with Gasteiger partial charge in [0, 0.05) is 12.0 Å². The van der Waals surface area contributed by atoms with E-state index in [1.165, 1.54) is 0 Å². The van der Waals surface area contributed by atoms with Gasteiger partial charge < -0.3 is 10.2 Å². The van der Waals surface area contributed by atoms with Gasteiger partial charge in [-0.2, -0.15) is 0 Å². The lowest BCUT2D eigenvalue weighted by Crippen LogP contribution is -2.32. The van der Waals surface area contributed by atoms with Crippen LogP contribution in [0.1, 0.15) is 29.3 Å². The summed E-state index contributed by atoms with van der Waals surface area (Å²) in [5, 5.41) is 6.69. The summed E-state index contributed by atoms with van der Waals surface area (Å²) in [6, 6.07) is 7.49. The molecular weight excluding hydrogens is 216 g/mol. The molecule has 17 heavy (non-hydrogen) atoms. The van der Waals surface area contributed by atoms with E-state index in [2.05, 4.69) is 10.5 Å². The van der Waals surface area contributed by atoms with Gasteiger partial charge in [-0.25, -0.2) is 0 Å². The Balaban J connectivity index is 1.83. The van der Waals surface area contributed by atoms with E-state index >= 15 is 0 Å². The highest BCUT2D eigenvalue weighted by molar-refractivity contribution is 5.94. The van der Waals surface area contributed by atoms with Crippen LogP contribution >= 0.6 is 0 Å². The number of nitrogens with zero attached hydrogens (tertiary/aromatic N) is 1. The zero-order chi connectivity index (χ0) is 12.3. The van der Waals surface area contributed by atoms with Gasteiger partial charge in [0.1, 0.15) is 6.10 Å². The molecule has 0 radical (unpaired) electrons. The number of hydrogen-bond acceptors (Lipinski definition) is 3. The molecule has 1 aliphatic rings. The predicted octanol–water partition coefficient (Wildman–Crippen LogP) is 1.89. The second-order valence-corrected chi connectivity index (χ2v) is 4.33. The molecule has 0 aromatic heterocycles. The first kappa shape index (κ1) is 11.6. The second kappa shape index (κ2) is 4.99. The fourth-order valence-electron chi connectivity index (χ4n) is 1.69. The van der Waals surface area contributed by atoms with Crippen molar-refractivity contribution >= 4 is 11.6 Å². The highest BCUT2D eigenvalue weighted by Gasteiger charge is 2.18. The van der Waals surface area contributed by atoms with E-state index in [4.69, 9.17) is 4.84 Å². The molecule has 0 spiro atoms. The highest BCUT2D eigenvalue weighted by Crippen LogP contribution is 2.09. The lowest BCUT2D eigenvalue weighted by molar-refractivity contribution is 0.0753. The lowest BCUT2D eigenvalue weighted by atomic mass is 10.1. The summed E-state index contributed by atoms with van der Waals surface area (Å²) in [6.07, 6.45) is 0.762. The largest absolute Gasteiger partial charge is 0.390 e. The maximum absolute atomic E-state index is 11.8. The third kappa shape index (κ3) is 3.06. The number of rotatable bonds is 3.